The fourth-order valence-electron chi connectivity index (χ4n) is 6.01. The SMILES string of the molecule is CCc1cccc(-c2c(F)cccc2C(O)(CCCNC(C)=O)C2CCCN(C(=O)c3ccc(CNC)cc3)C2)c1. The molecule has 3 N–H and O–H groups in total. The van der Waals surface area contributed by atoms with Crippen molar-refractivity contribution in [3.8, 4) is 11.1 Å². The lowest BCUT2D eigenvalue weighted by Crippen LogP contribution is -2.48. The van der Waals surface area contributed by atoms with E-state index in [0.29, 0.717) is 55.6 Å². The number of amides is 2. The Morgan fingerprint density at radius 1 is 1.07 bits per heavy atom. The third-order valence-electron chi connectivity index (χ3n) is 8.18. The van der Waals surface area contributed by atoms with Crippen LogP contribution in [0.5, 0.6) is 0 Å². The minimum absolute atomic E-state index is 0.0681. The van der Waals surface area contributed by atoms with Crippen molar-refractivity contribution in [3.63, 3.8) is 0 Å². The Hall–Kier alpha value is -3.55. The highest BCUT2D eigenvalue weighted by Gasteiger charge is 2.43. The monoisotopic (exact) mass is 559 g/mol. The maximum Gasteiger partial charge on any atom is 0.253 e. The summed E-state index contributed by atoms with van der Waals surface area (Å²) in [6.45, 7) is 5.61. The number of piperidine rings is 1. The standard InChI is InChI=1S/C34H42FN3O3/c1-4-25-9-5-10-28(21-25)32-30(12-6-13-31(32)35)34(41,18-8-19-37-24(2)39)29-11-7-20-38(23-29)33(40)27-16-14-26(15-17-27)22-36-3/h5-6,9-10,12-17,21,29,36,41H,4,7-8,11,18-20,22-23H2,1-3H3,(H,37,39). The normalized spacial score (nSPS) is 16.7. The number of benzene rings is 3. The highest BCUT2D eigenvalue weighted by atomic mass is 19.1. The second-order valence-electron chi connectivity index (χ2n) is 11.0. The molecule has 0 radical (unpaired) electrons. The summed E-state index contributed by atoms with van der Waals surface area (Å²) < 4.78 is 15.6. The van der Waals surface area contributed by atoms with Crippen molar-refractivity contribution >= 4 is 11.8 Å². The van der Waals surface area contributed by atoms with Crippen molar-refractivity contribution in [2.75, 3.05) is 26.7 Å². The van der Waals surface area contributed by atoms with Gasteiger partial charge in [0.2, 0.25) is 5.91 Å². The Bertz CT molecular complexity index is 1340. The number of aliphatic hydroxyl groups is 1. The third-order valence-corrected chi connectivity index (χ3v) is 8.18. The molecular weight excluding hydrogens is 517 g/mol. The van der Waals surface area contributed by atoms with Gasteiger partial charge in [0.25, 0.3) is 5.91 Å². The first-order valence-corrected chi connectivity index (χ1v) is 14.6. The molecule has 41 heavy (non-hydrogen) atoms. The second kappa shape index (κ2) is 13.9. The smallest absolute Gasteiger partial charge is 0.253 e. The predicted octanol–water partition coefficient (Wildman–Crippen LogP) is 5.43. The lowest BCUT2D eigenvalue weighted by molar-refractivity contribution is -0.119. The van der Waals surface area contributed by atoms with Crippen LogP contribution in [-0.2, 0) is 23.4 Å². The van der Waals surface area contributed by atoms with Crippen LogP contribution in [0.4, 0.5) is 4.39 Å². The number of rotatable bonds is 11. The van der Waals surface area contributed by atoms with E-state index >= 15 is 4.39 Å². The Kier molecular flexibility index (Phi) is 10.3. The first-order chi connectivity index (χ1) is 19.8. The molecule has 1 aliphatic heterocycles. The third kappa shape index (κ3) is 7.21. The summed E-state index contributed by atoms with van der Waals surface area (Å²) in [6, 6.07) is 20.3. The first-order valence-electron chi connectivity index (χ1n) is 14.6. The maximum absolute atomic E-state index is 15.6. The number of nitrogens with one attached hydrogen (secondary N) is 2. The Balaban J connectivity index is 1.69. The molecule has 218 valence electrons. The minimum Gasteiger partial charge on any atom is -0.385 e. The molecule has 2 amide bonds. The lowest BCUT2D eigenvalue weighted by Gasteiger charge is -2.43. The van der Waals surface area contributed by atoms with Gasteiger partial charge >= 0.3 is 0 Å². The molecular formula is C34H42FN3O3. The Labute approximate surface area is 243 Å². The van der Waals surface area contributed by atoms with Crippen molar-refractivity contribution in [2.45, 2.75) is 58.1 Å². The van der Waals surface area contributed by atoms with Crippen LogP contribution < -0.4 is 10.6 Å². The summed E-state index contributed by atoms with van der Waals surface area (Å²) in [5.74, 6) is -0.898. The quantitative estimate of drug-likeness (QED) is 0.274. The van der Waals surface area contributed by atoms with E-state index in [-0.39, 0.29) is 23.5 Å². The van der Waals surface area contributed by atoms with Gasteiger partial charge in [0.15, 0.2) is 0 Å². The minimum atomic E-state index is -1.41. The van der Waals surface area contributed by atoms with Crippen LogP contribution in [0.15, 0.2) is 66.7 Å². The highest BCUT2D eigenvalue weighted by Crippen LogP contribution is 2.44. The number of carbonyl (C=O) groups is 2. The Morgan fingerprint density at radius 2 is 1.83 bits per heavy atom. The topological polar surface area (TPSA) is 81.7 Å². The van der Waals surface area contributed by atoms with Crippen molar-refractivity contribution in [1.82, 2.24) is 15.5 Å². The summed E-state index contributed by atoms with van der Waals surface area (Å²) in [6.07, 6.45) is 3.08. The van der Waals surface area contributed by atoms with Gasteiger partial charge in [0, 0.05) is 50.1 Å². The molecule has 3 aromatic rings. The van der Waals surface area contributed by atoms with Crippen LogP contribution in [0.25, 0.3) is 11.1 Å². The molecule has 4 rings (SSSR count). The molecule has 0 aliphatic carbocycles. The molecule has 0 aromatic heterocycles. The number of halogens is 1. The molecule has 7 heteroatoms. The van der Waals surface area contributed by atoms with Crippen LogP contribution in [0.1, 0.15) is 66.6 Å². The highest BCUT2D eigenvalue weighted by molar-refractivity contribution is 5.94. The van der Waals surface area contributed by atoms with Gasteiger partial charge in [-0.25, -0.2) is 4.39 Å². The number of carbonyl (C=O) groups excluding carboxylic acids is 2. The molecule has 3 aromatic carbocycles. The van der Waals surface area contributed by atoms with Crippen molar-refractivity contribution in [3.05, 3.63) is 94.8 Å². The largest absolute Gasteiger partial charge is 0.385 e. The summed E-state index contributed by atoms with van der Waals surface area (Å²) in [5.41, 5.74) is 3.04. The fourth-order valence-corrected chi connectivity index (χ4v) is 6.01. The van der Waals surface area contributed by atoms with Gasteiger partial charge in [-0.1, -0.05) is 55.5 Å². The average molecular weight is 560 g/mol. The molecule has 2 atom stereocenters. The second-order valence-corrected chi connectivity index (χ2v) is 11.0. The van der Waals surface area contributed by atoms with Gasteiger partial charge in [-0.3, -0.25) is 9.59 Å². The number of likely N-dealkylation sites (tertiary alicyclic amines) is 1. The molecule has 1 saturated heterocycles. The van der Waals surface area contributed by atoms with Crippen LogP contribution in [0.2, 0.25) is 0 Å². The molecule has 0 spiro atoms. The molecule has 1 aliphatic rings. The number of nitrogens with zero attached hydrogens (tertiary/aromatic N) is 1. The average Bonchev–Trinajstić information content (AvgIpc) is 2.99. The lowest BCUT2D eigenvalue weighted by atomic mass is 9.72. The molecule has 1 heterocycles. The number of hydrogen-bond acceptors (Lipinski definition) is 4. The number of aryl methyl sites for hydroxylation is 1. The number of hydrogen-bond donors (Lipinski definition) is 3. The molecule has 0 saturated carbocycles. The fraction of sp³-hybridized carbons (Fsp3) is 0.412. The maximum atomic E-state index is 15.6. The zero-order chi connectivity index (χ0) is 29.4. The zero-order valence-corrected chi connectivity index (χ0v) is 24.4. The first kappa shape index (κ1) is 30.4. The zero-order valence-electron chi connectivity index (χ0n) is 24.4. The molecule has 1 fully saturated rings. The van der Waals surface area contributed by atoms with Crippen molar-refractivity contribution in [1.29, 1.82) is 0 Å². The van der Waals surface area contributed by atoms with E-state index < -0.39 is 5.60 Å². The summed E-state index contributed by atoms with van der Waals surface area (Å²) in [7, 11) is 1.88. The van der Waals surface area contributed by atoms with Crippen LogP contribution in [-0.4, -0.2) is 48.5 Å². The van der Waals surface area contributed by atoms with E-state index in [4.69, 9.17) is 0 Å². The van der Waals surface area contributed by atoms with Gasteiger partial charge in [-0.2, -0.15) is 0 Å². The van der Waals surface area contributed by atoms with E-state index in [9.17, 15) is 14.7 Å². The predicted molar refractivity (Wildman–Crippen MR) is 161 cm³/mol. The molecule has 6 nitrogen and oxygen atoms in total. The van der Waals surface area contributed by atoms with Crippen LogP contribution in [0, 0.1) is 11.7 Å². The Morgan fingerprint density at radius 3 is 2.54 bits per heavy atom. The van der Waals surface area contributed by atoms with Crippen LogP contribution >= 0.6 is 0 Å². The van der Waals surface area contributed by atoms with Gasteiger partial charge < -0.3 is 20.6 Å². The van der Waals surface area contributed by atoms with Crippen molar-refractivity contribution < 1.29 is 19.1 Å². The van der Waals surface area contributed by atoms with Crippen LogP contribution in [0.3, 0.4) is 0 Å². The van der Waals surface area contributed by atoms with Gasteiger partial charge in [-0.05, 0) is 79.6 Å². The van der Waals surface area contributed by atoms with E-state index in [2.05, 4.69) is 17.6 Å². The van der Waals surface area contributed by atoms with Crippen molar-refractivity contribution in [2.24, 2.45) is 5.92 Å². The van der Waals surface area contributed by atoms with Gasteiger partial charge in [0.1, 0.15) is 5.82 Å². The summed E-state index contributed by atoms with van der Waals surface area (Å²) in [4.78, 5) is 26.9. The van der Waals surface area contributed by atoms with E-state index in [1.165, 1.54) is 13.0 Å². The summed E-state index contributed by atoms with van der Waals surface area (Å²) >= 11 is 0. The van der Waals surface area contributed by atoms with Gasteiger partial charge in [-0.15, -0.1) is 0 Å². The van der Waals surface area contributed by atoms with E-state index in [1.807, 2.05) is 66.5 Å². The van der Waals surface area contributed by atoms with Gasteiger partial charge in [0.05, 0.1) is 5.60 Å². The van der Waals surface area contributed by atoms with E-state index in [0.717, 1.165) is 36.1 Å². The molecule has 0 bridgehead atoms. The van der Waals surface area contributed by atoms with E-state index in [1.54, 1.807) is 6.07 Å². The summed E-state index contributed by atoms with van der Waals surface area (Å²) in [5, 5.41) is 18.5. The molecule has 2 unspecified atom stereocenters.